The molecule has 0 saturated heterocycles. The Hall–Kier alpha value is -1.99. The number of halogens is 1. The number of hydrogen-bond acceptors (Lipinski definition) is 7. The van der Waals surface area contributed by atoms with Crippen LogP contribution in [0, 0.1) is 0 Å². The summed E-state index contributed by atoms with van der Waals surface area (Å²) in [5.74, 6) is 0.993. The van der Waals surface area contributed by atoms with Gasteiger partial charge in [-0.15, -0.1) is 12.4 Å². The van der Waals surface area contributed by atoms with E-state index in [1.807, 2.05) is 6.07 Å². The third kappa shape index (κ3) is 2.57. The zero-order valence-electron chi connectivity index (χ0n) is 13.9. The highest BCUT2D eigenvalue weighted by atomic mass is 35.5. The maximum Gasteiger partial charge on any atom is 0.259 e. The van der Waals surface area contributed by atoms with Gasteiger partial charge in [-0.25, -0.2) is 4.98 Å². The Morgan fingerprint density at radius 3 is 2.54 bits per heavy atom. The summed E-state index contributed by atoms with van der Waals surface area (Å²) < 4.78 is 10.7. The monoisotopic (exact) mass is 349 g/mol. The molecular weight excluding hydrogens is 330 g/mol. The van der Waals surface area contributed by atoms with Gasteiger partial charge in [0.15, 0.2) is 5.82 Å². The van der Waals surface area contributed by atoms with E-state index in [9.17, 15) is 0 Å². The van der Waals surface area contributed by atoms with Crippen molar-refractivity contribution in [2.45, 2.75) is 51.0 Å². The van der Waals surface area contributed by atoms with Crippen LogP contribution in [0.5, 0.6) is 0 Å². The van der Waals surface area contributed by atoms with E-state index < -0.39 is 5.54 Å². The minimum Gasteiger partial charge on any atom is -0.336 e. The molecule has 3 aromatic rings. The molecule has 128 valence electrons. The third-order valence-corrected chi connectivity index (χ3v) is 4.40. The maximum absolute atomic E-state index is 6.25. The summed E-state index contributed by atoms with van der Waals surface area (Å²) in [5.41, 5.74) is 7.78. The van der Waals surface area contributed by atoms with Crippen molar-refractivity contribution in [2.24, 2.45) is 5.73 Å². The predicted octanol–water partition coefficient (Wildman–Crippen LogP) is 3.33. The van der Waals surface area contributed by atoms with Crippen molar-refractivity contribution in [1.29, 1.82) is 0 Å². The van der Waals surface area contributed by atoms with E-state index in [0.29, 0.717) is 17.4 Å². The first-order chi connectivity index (χ1) is 10.9. The molecule has 0 aliphatic heterocycles. The highest BCUT2D eigenvalue weighted by Gasteiger charge is 2.39. The minimum absolute atomic E-state index is 0. The Balaban J connectivity index is 0.00000169. The molecule has 3 heterocycles. The summed E-state index contributed by atoms with van der Waals surface area (Å²) in [6.07, 6.45) is 4.54. The van der Waals surface area contributed by atoms with Crippen LogP contribution in [0.25, 0.3) is 22.6 Å². The first-order valence-electron chi connectivity index (χ1n) is 7.76. The predicted molar refractivity (Wildman–Crippen MR) is 90.8 cm³/mol. The van der Waals surface area contributed by atoms with E-state index in [0.717, 1.165) is 35.9 Å². The zero-order chi connectivity index (χ0) is 16.2. The summed E-state index contributed by atoms with van der Waals surface area (Å²) in [7, 11) is 0. The summed E-state index contributed by atoms with van der Waals surface area (Å²) in [6, 6.07) is 1.93. The highest BCUT2D eigenvalue weighted by molar-refractivity contribution is 5.85. The van der Waals surface area contributed by atoms with Gasteiger partial charge in [-0.1, -0.05) is 31.1 Å². The molecule has 0 bridgehead atoms. The van der Waals surface area contributed by atoms with Gasteiger partial charge in [0.25, 0.3) is 11.6 Å². The van der Waals surface area contributed by atoms with Crippen LogP contribution >= 0.6 is 12.4 Å². The van der Waals surface area contributed by atoms with Crippen molar-refractivity contribution in [2.75, 3.05) is 0 Å². The van der Waals surface area contributed by atoms with Gasteiger partial charge in [-0.3, -0.25) is 0 Å². The second kappa shape index (κ2) is 5.53. The average molecular weight is 350 g/mol. The molecule has 2 N–H and O–H groups in total. The number of nitrogens with zero attached hydrogens (tertiary/aromatic N) is 4. The molecule has 1 aliphatic carbocycles. The summed E-state index contributed by atoms with van der Waals surface area (Å²) >= 11 is 0. The van der Waals surface area contributed by atoms with Gasteiger partial charge in [0.1, 0.15) is 0 Å². The van der Waals surface area contributed by atoms with Gasteiger partial charge in [-0.2, -0.15) is 4.98 Å². The number of pyridine rings is 1. The van der Waals surface area contributed by atoms with Crippen molar-refractivity contribution in [3.8, 4) is 11.5 Å². The lowest BCUT2D eigenvalue weighted by Gasteiger charge is -2.34. The molecule has 0 amide bonds. The first-order valence-corrected chi connectivity index (χ1v) is 7.76. The average Bonchev–Trinajstić information content (AvgIpc) is 3.10. The van der Waals surface area contributed by atoms with Gasteiger partial charge < -0.3 is 14.8 Å². The van der Waals surface area contributed by atoms with Crippen LogP contribution < -0.4 is 5.73 Å². The number of aromatic nitrogens is 4. The van der Waals surface area contributed by atoms with Crippen molar-refractivity contribution in [3.63, 3.8) is 0 Å². The van der Waals surface area contributed by atoms with Crippen molar-refractivity contribution >= 4 is 23.5 Å². The Labute approximate surface area is 145 Å². The molecular formula is C16H20ClN5O2. The lowest BCUT2D eigenvalue weighted by atomic mass is 9.77. The molecule has 0 aromatic carbocycles. The van der Waals surface area contributed by atoms with E-state index in [-0.39, 0.29) is 17.8 Å². The topological polar surface area (TPSA) is 104 Å². The van der Waals surface area contributed by atoms with Crippen LogP contribution in [0.3, 0.4) is 0 Å². The molecule has 0 radical (unpaired) electrons. The minimum atomic E-state index is -0.437. The molecule has 1 aliphatic rings. The second-order valence-electron chi connectivity index (χ2n) is 7.29. The lowest BCUT2D eigenvalue weighted by Crippen LogP contribution is -2.44. The Morgan fingerprint density at radius 1 is 1.17 bits per heavy atom. The second-order valence-corrected chi connectivity index (χ2v) is 7.29. The molecule has 0 atom stereocenters. The number of rotatable bonds is 2. The lowest BCUT2D eigenvalue weighted by molar-refractivity contribution is 0.229. The fourth-order valence-electron chi connectivity index (χ4n) is 2.81. The quantitative estimate of drug-likeness (QED) is 0.756. The van der Waals surface area contributed by atoms with Gasteiger partial charge in [0.05, 0.1) is 22.2 Å². The molecule has 0 spiro atoms. The Bertz CT molecular complexity index is 876. The summed E-state index contributed by atoms with van der Waals surface area (Å²) in [5, 5.41) is 9.05. The normalized spacial score (nSPS) is 16.7. The first kappa shape index (κ1) is 16.9. The fraction of sp³-hybridized carbons (Fsp3) is 0.500. The molecule has 24 heavy (non-hydrogen) atoms. The van der Waals surface area contributed by atoms with Gasteiger partial charge >= 0.3 is 0 Å². The van der Waals surface area contributed by atoms with E-state index in [4.69, 9.17) is 14.8 Å². The number of nitrogens with two attached hydrogens (primary N) is 1. The van der Waals surface area contributed by atoms with Crippen molar-refractivity contribution < 1.29 is 9.05 Å². The molecule has 8 heteroatoms. The standard InChI is InChI=1S/C16H19N5O2.ClH/c1-15(2,3)11-10-7-9(8-18-13(10)23-20-11)12-19-14(21-22-12)16(17)5-4-6-16;/h7-8H,4-6,17H2,1-3H3;1H. The zero-order valence-corrected chi connectivity index (χ0v) is 14.7. The van der Waals surface area contributed by atoms with E-state index in [1.54, 1.807) is 6.20 Å². The maximum atomic E-state index is 6.25. The van der Waals surface area contributed by atoms with Crippen LogP contribution in [0.15, 0.2) is 21.3 Å². The van der Waals surface area contributed by atoms with Crippen LogP contribution in [0.4, 0.5) is 0 Å². The molecule has 3 aromatic heterocycles. The Morgan fingerprint density at radius 2 is 1.92 bits per heavy atom. The van der Waals surface area contributed by atoms with Gasteiger partial charge in [0, 0.05) is 11.6 Å². The van der Waals surface area contributed by atoms with Gasteiger partial charge in [-0.05, 0) is 25.3 Å². The molecule has 4 rings (SSSR count). The highest BCUT2D eigenvalue weighted by Crippen LogP contribution is 2.38. The van der Waals surface area contributed by atoms with Crippen molar-refractivity contribution in [1.82, 2.24) is 20.3 Å². The third-order valence-electron chi connectivity index (χ3n) is 4.40. The van der Waals surface area contributed by atoms with Gasteiger partial charge in [0.2, 0.25) is 0 Å². The SMILES string of the molecule is CC(C)(C)c1noc2ncc(-c3nc(C4(N)CCC4)no3)cc12.Cl. The van der Waals surface area contributed by atoms with E-state index in [2.05, 4.69) is 41.1 Å². The number of hydrogen-bond donors (Lipinski definition) is 1. The summed E-state index contributed by atoms with van der Waals surface area (Å²) in [4.78, 5) is 8.77. The molecule has 7 nitrogen and oxygen atoms in total. The van der Waals surface area contributed by atoms with Crippen LogP contribution in [0.1, 0.15) is 51.6 Å². The van der Waals surface area contributed by atoms with Crippen LogP contribution in [-0.4, -0.2) is 20.3 Å². The van der Waals surface area contributed by atoms with E-state index >= 15 is 0 Å². The van der Waals surface area contributed by atoms with E-state index in [1.165, 1.54) is 0 Å². The fourth-order valence-corrected chi connectivity index (χ4v) is 2.81. The largest absolute Gasteiger partial charge is 0.336 e. The Kier molecular flexibility index (Phi) is 3.88. The van der Waals surface area contributed by atoms with Crippen LogP contribution in [0.2, 0.25) is 0 Å². The van der Waals surface area contributed by atoms with Crippen LogP contribution in [-0.2, 0) is 11.0 Å². The molecule has 1 saturated carbocycles. The summed E-state index contributed by atoms with van der Waals surface area (Å²) in [6.45, 7) is 6.24. The number of fused-ring (bicyclic) bond motifs is 1. The molecule has 0 unspecified atom stereocenters. The molecule has 1 fully saturated rings. The van der Waals surface area contributed by atoms with Crippen molar-refractivity contribution in [3.05, 3.63) is 23.8 Å². The smallest absolute Gasteiger partial charge is 0.259 e.